The molecular formula is C14H18FN5O5. The van der Waals surface area contributed by atoms with Crippen molar-refractivity contribution < 1.29 is 24.1 Å². The number of aliphatic hydroxyl groups excluding tert-OH is 2. The number of amides is 1. The Hall–Kier alpha value is -2.37. The van der Waals surface area contributed by atoms with Crippen LogP contribution in [0.15, 0.2) is 11.1 Å². The van der Waals surface area contributed by atoms with Crippen LogP contribution in [0.4, 0.5) is 10.3 Å². The van der Waals surface area contributed by atoms with Crippen LogP contribution in [0.5, 0.6) is 0 Å². The molecule has 0 saturated carbocycles. The first kappa shape index (κ1) is 17.5. The van der Waals surface area contributed by atoms with Crippen molar-refractivity contribution in [3.05, 3.63) is 16.7 Å². The Kier molecular flexibility index (Phi) is 4.31. The van der Waals surface area contributed by atoms with E-state index in [4.69, 9.17) is 4.74 Å². The lowest BCUT2D eigenvalue weighted by Gasteiger charge is -2.31. The summed E-state index contributed by atoms with van der Waals surface area (Å²) >= 11 is 0. The van der Waals surface area contributed by atoms with Gasteiger partial charge in [-0.2, -0.15) is 4.98 Å². The fraction of sp³-hybridized carbons (Fsp3) is 0.571. The van der Waals surface area contributed by atoms with E-state index in [1.54, 1.807) is 13.8 Å². The molecule has 3 atom stereocenters. The highest BCUT2D eigenvalue weighted by Gasteiger charge is 2.52. The monoisotopic (exact) mass is 355 g/mol. The van der Waals surface area contributed by atoms with Gasteiger partial charge in [-0.05, 0) is 0 Å². The van der Waals surface area contributed by atoms with Gasteiger partial charge in [-0.1, -0.05) is 13.8 Å². The first-order chi connectivity index (χ1) is 11.8. The molecular weight excluding hydrogens is 337 g/mol. The zero-order valence-corrected chi connectivity index (χ0v) is 13.6. The number of halogens is 1. The molecule has 0 bridgehead atoms. The molecule has 1 aliphatic rings. The number of hydrogen-bond acceptors (Lipinski definition) is 7. The molecule has 4 N–H and O–H groups in total. The Morgan fingerprint density at radius 2 is 2.36 bits per heavy atom. The summed E-state index contributed by atoms with van der Waals surface area (Å²) in [6.45, 7) is 2.14. The number of aromatic amines is 1. The molecule has 136 valence electrons. The van der Waals surface area contributed by atoms with Gasteiger partial charge < -0.3 is 14.9 Å². The molecule has 2 aromatic rings. The zero-order chi connectivity index (χ0) is 18.4. The number of aliphatic hydroxyl groups is 2. The SMILES string of the molecule is CC(C)C(=O)Nc1nc2c(ncn2C2(CO)OCC(F)C2O)c(=O)[nH]1. The summed E-state index contributed by atoms with van der Waals surface area (Å²) in [6.07, 6.45) is -2.27. The molecule has 11 heteroatoms. The van der Waals surface area contributed by atoms with E-state index < -0.39 is 36.8 Å². The largest absolute Gasteiger partial charge is 0.391 e. The molecule has 3 rings (SSSR count). The lowest BCUT2D eigenvalue weighted by Crippen LogP contribution is -2.47. The Bertz CT molecular complexity index is 865. The van der Waals surface area contributed by atoms with Crippen molar-refractivity contribution >= 4 is 23.0 Å². The van der Waals surface area contributed by atoms with Gasteiger partial charge in [0.05, 0.1) is 19.5 Å². The fourth-order valence-corrected chi connectivity index (χ4v) is 2.62. The van der Waals surface area contributed by atoms with E-state index in [1.165, 1.54) is 0 Å². The van der Waals surface area contributed by atoms with Gasteiger partial charge >= 0.3 is 0 Å². The van der Waals surface area contributed by atoms with E-state index in [0.717, 1.165) is 10.9 Å². The number of carbonyl (C=O) groups is 1. The molecule has 1 fully saturated rings. The summed E-state index contributed by atoms with van der Waals surface area (Å²) in [4.78, 5) is 34.3. The highest BCUT2D eigenvalue weighted by atomic mass is 19.1. The maximum Gasteiger partial charge on any atom is 0.280 e. The number of nitrogens with zero attached hydrogens (tertiary/aromatic N) is 3. The predicted octanol–water partition coefficient (Wildman–Crippen LogP) is -0.912. The number of nitrogens with one attached hydrogen (secondary N) is 2. The summed E-state index contributed by atoms with van der Waals surface area (Å²) in [5.74, 6) is -0.844. The highest BCUT2D eigenvalue weighted by Crippen LogP contribution is 2.34. The molecule has 2 aromatic heterocycles. The van der Waals surface area contributed by atoms with Crippen LogP contribution in [0.3, 0.4) is 0 Å². The van der Waals surface area contributed by atoms with E-state index in [0.29, 0.717) is 0 Å². The lowest BCUT2D eigenvalue weighted by molar-refractivity contribution is -0.148. The summed E-state index contributed by atoms with van der Waals surface area (Å²) in [6, 6.07) is 0. The number of rotatable bonds is 4. The Labute approximate surface area is 140 Å². The molecule has 1 aliphatic heterocycles. The average Bonchev–Trinajstić information content (AvgIpc) is 3.11. The van der Waals surface area contributed by atoms with Crippen LogP contribution in [0.1, 0.15) is 13.8 Å². The van der Waals surface area contributed by atoms with Gasteiger partial charge in [-0.15, -0.1) is 0 Å². The molecule has 1 amide bonds. The van der Waals surface area contributed by atoms with Crippen molar-refractivity contribution in [3.63, 3.8) is 0 Å². The maximum atomic E-state index is 13.7. The molecule has 0 spiro atoms. The van der Waals surface area contributed by atoms with E-state index in [9.17, 15) is 24.2 Å². The quantitative estimate of drug-likeness (QED) is 0.556. The minimum atomic E-state index is -1.85. The molecule has 3 unspecified atom stereocenters. The third kappa shape index (κ3) is 2.69. The van der Waals surface area contributed by atoms with Crippen LogP contribution in [-0.2, 0) is 15.3 Å². The van der Waals surface area contributed by atoms with Crippen LogP contribution in [-0.4, -0.2) is 61.1 Å². The van der Waals surface area contributed by atoms with E-state index in [-0.39, 0.29) is 28.9 Å². The predicted molar refractivity (Wildman–Crippen MR) is 83.5 cm³/mol. The van der Waals surface area contributed by atoms with Crippen molar-refractivity contribution in [1.29, 1.82) is 0 Å². The van der Waals surface area contributed by atoms with Gasteiger partial charge in [0.1, 0.15) is 6.10 Å². The van der Waals surface area contributed by atoms with E-state index in [2.05, 4.69) is 20.3 Å². The van der Waals surface area contributed by atoms with Crippen LogP contribution in [0, 0.1) is 5.92 Å². The van der Waals surface area contributed by atoms with Crippen molar-refractivity contribution in [2.75, 3.05) is 18.5 Å². The number of hydrogen-bond donors (Lipinski definition) is 4. The fourth-order valence-electron chi connectivity index (χ4n) is 2.62. The smallest absolute Gasteiger partial charge is 0.280 e. The van der Waals surface area contributed by atoms with Gasteiger partial charge in [0, 0.05) is 5.92 Å². The lowest BCUT2D eigenvalue weighted by atomic mass is 10.1. The summed E-state index contributed by atoms with van der Waals surface area (Å²) in [5, 5.41) is 22.3. The zero-order valence-electron chi connectivity index (χ0n) is 13.6. The van der Waals surface area contributed by atoms with Crippen LogP contribution < -0.4 is 10.9 Å². The number of aromatic nitrogens is 4. The number of H-pyrrole nitrogens is 1. The van der Waals surface area contributed by atoms with Gasteiger partial charge in [0.2, 0.25) is 11.9 Å². The van der Waals surface area contributed by atoms with Gasteiger partial charge in [-0.3, -0.25) is 24.5 Å². The summed E-state index contributed by atoms with van der Waals surface area (Å²) in [5.41, 5.74) is -2.66. The number of alkyl halides is 1. The normalized spacial score (nSPS) is 26.5. The Morgan fingerprint density at radius 3 is 2.92 bits per heavy atom. The summed E-state index contributed by atoms with van der Waals surface area (Å²) in [7, 11) is 0. The Balaban J connectivity index is 2.13. The third-order valence-electron chi connectivity index (χ3n) is 4.10. The van der Waals surface area contributed by atoms with Crippen LogP contribution in [0.25, 0.3) is 11.2 Å². The number of fused-ring (bicyclic) bond motifs is 1. The van der Waals surface area contributed by atoms with Crippen molar-refractivity contribution in [2.45, 2.75) is 31.8 Å². The first-order valence-corrected chi connectivity index (χ1v) is 7.66. The topological polar surface area (TPSA) is 142 Å². The van der Waals surface area contributed by atoms with Crippen LogP contribution >= 0.6 is 0 Å². The minimum Gasteiger partial charge on any atom is -0.391 e. The second kappa shape index (κ2) is 6.17. The highest BCUT2D eigenvalue weighted by molar-refractivity contribution is 5.91. The number of carbonyl (C=O) groups excluding carboxylic acids is 1. The molecule has 0 radical (unpaired) electrons. The molecule has 0 aromatic carbocycles. The third-order valence-corrected chi connectivity index (χ3v) is 4.10. The first-order valence-electron chi connectivity index (χ1n) is 7.66. The van der Waals surface area contributed by atoms with Gasteiger partial charge in [-0.25, -0.2) is 9.37 Å². The second-order valence-electron chi connectivity index (χ2n) is 6.12. The molecule has 25 heavy (non-hydrogen) atoms. The Morgan fingerprint density at radius 1 is 1.64 bits per heavy atom. The summed E-state index contributed by atoms with van der Waals surface area (Å²) < 4.78 is 20.1. The van der Waals surface area contributed by atoms with Crippen molar-refractivity contribution in [1.82, 2.24) is 19.5 Å². The molecule has 1 saturated heterocycles. The van der Waals surface area contributed by atoms with E-state index >= 15 is 0 Å². The molecule has 10 nitrogen and oxygen atoms in total. The van der Waals surface area contributed by atoms with Crippen molar-refractivity contribution in [2.24, 2.45) is 5.92 Å². The van der Waals surface area contributed by atoms with Crippen molar-refractivity contribution in [3.8, 4) is 0 Å². The van der Waals surface area contributed by atoms with Crippen LogP contribution in [0.2, 0.25) is 0 Å². The molecule has 3 heterocycles. The number of anilines is 1. The standard InChI is InChI=1S/C14H18FN5O5/c1-6(2)11(23)18-13-17-10-8(12(24)19-13)16-5-20(10)14(4-21)9(22)7(15)3-25-14/h5-7,9,21-22H,3-4H2,1-2H3,(H2,17,18,19,23,24). The average molecular weight is 355 g/mol. The minimum absolute atomic E-state index is 0.0648. The molecule has 0 aliphatic carbocycles. The maximum absolute atomic E-state index is 13.7. The van der Waals surface area contributed by atoms with E-state index in [1.807, 2.05) is 0 Å². The second-order valence-corrected chi connectivity index (χ2v) is 6.12. The number of imidazole rings is 1. The number of ether oxygens (including phenoxy) is 1. The van der Waals surface area contributed by atoms with Gasteiger partial charge in [0.15, 0.2) is 23.1 Å². The van der Waals surface area contributed by atoms with Gasteiger partial charge in [0.25, 0.3) is 5.56 Å².